The van der Waals surface area contributed by atoms with Gasteiger partial charge in [-0.2, -0.15) is 0 Å². The summed E-state index contributed by atoms with van der Waals surface area (Å²) in [6.07, 6.45) is 2.64. The lowest BCUT2D eigenvalue weighted by molar-refractivity contribution is -0.142. The van der Waals surface area contributed by atoms with Gasteiger partial charge in [0, 0.05) is 18.5 Å². The molecule has 0 spiro atoms. The number of carbonyl (C=O) groups is 2. The number of carbonyl (C=O) groups excluding carboxylic acids is 2. The highest BCUT2D eigenvalue weighted by Crippen LogP contribution is 2.16. The van der Waals surface area contributed by atoms with E-state index in [2.05, 4.69) is 36.5 Å². The largest absolute Gasteiger partial charge is 0.350 e. The van der Waals surface area contributed by atoms with Gasteiger partial charge in [0.2, 0.25) is 11.8 Å². The van der Waals surface area contributed by atoms with Crippen molar-refractivity contribution >= 4 is 11.8 Å². The Bertz CT molecular complexity index is 807. The molecule has 2 rings (SSSR count). The van der Waals surface area contributed by atoms with Crippen LogP contribution in [-0.4, -0.2) is 28.3 Å². The van der Waals surface area contributed by atoms with Gasteiger partial charge in [0.25, 0.3) is 0 Å². The minimum Gasteiger partial charge on any atom is -0.350 e. The molecule has 4 nitrogen and oxygen atoms in total. The second-order valence-corrected chi connectivity index (χ2v) is 8.84. The molecule has 0 aliphatic heterocycles. The summed E-state index contributed by atoms with van der Waals surface area (Å²) in [5.41, 5.74) is 3.13. The molecule has 30 heavy (non-hydrogen) atoms. The molecule has 1 atom stereocenters. The van der Waals surface area contributed by atoms with Crippen LogP contribution < -0.4 is 5.32 Å². The van der Waals surface area contributed by atoms with E-state index in [1.807, 2.05) is 58.0 Å². The Hall–Kier alpha value is -2.62. The van der Waals surface area contributed by atoms with Crippen LogP contribution in [0, 0.1) is 0 Å². The van der Waals surface area contributed by atoms with Gasteiger partial charge in [0.05, 0.1) is 0 Å². The zero-order valence-corrected chi connectivity index (χ0v) is 19.1. The van der Waals surface area contributed by atoms with Crippen LogP contribution in [0.5, 0.6) is 0 Å². The molecule has 0 heterocycles. The van der Waals surface area contributed by atoms with E-state index < -0.39 is 6.04 Å². The number of hydrogen-bond donors (Lipinski definition) is 1. The van der Waals surface area contributed by atoms with E-state index in [1.54, 1.807) is 4.90 Å². The van der Waals surface area contributed by atoms with Crippen molar-refractivity contribution in [1.82, 2.24) is 10.2 Å². The van der Waals surface area contributed by atoms with Gasteiger partial charge in [0.15, 0.2) is 0 Å². The maximum absolute atomic E-state index is 13.3. The van der Waals surface area contributed by atoms with Crippen molar-refractivity contribution in [1.29, 1.82) is 0 Å². The van der Waals surface area contributed by atoms with E-state index in [1.165, 1.54) is 5.56 Å². The summed E-state index contributed by atoms with van der Waals surface area (Å²) in [5, 5.41) is 3.04. The smallest absolute Gasteiger partial charge is 0.243 e. The third-order valence-electron chi connectivity index (χ3n) is 5.14. The van der Waals surface area contributed by atoms with Crippen molar-refractivity contribution in [2.24, 2.45) is 0 Å². The summed E-state index contributed by atoms with van der Waals surface area (Å²) in [6, 6.07) is 17.8. The number of aryl methyl sites for hydroxylation is 2. The molecule has 0 bridgehead atoms. The van der Waals surface area contributed by atoms with Crippen LogP contribution in [0.4, 0.5) is 0 Å². The van der Waals surface area contributed by atoms with Gasteiger partial charge < -0.3 is 10.2 Å². The van der Waals surface area contributed by atoms with E-state index in [-0.39, 0.29) is 17.4 Å². The first kappa shape index (κ1) is 23.7. The molecule has 0 aliphatic rings. The Morgan fingerprint density at radius 2 is 1.50 bits per heavy atom. The molecule has 1 N–H and O–H groups in total. The average Bonchev–Trinajstić information content (AvgIpc) is 2.71. The number of rotatable bonds is 9. The minimum absolute atomic E-state index is 0.00864. The SMILES string of the molecule is CCc1ccc(CCC(=O)N(Cc2ccccc2)[C@@H](CC)C(=O)NC(C)(C)C)cc1. The fourth-order valence-corrected chi connectivity index (χ4v) is 3.49. The topological polar surface area (TPSA) is 49.4 Å². The number of nitrogens with zero attached hydrogens (tertiary/aromatic N) is 1. The molecule has 2 aromatic rings. The van der Waals surface area contributed by atoms with Crippen LogP contribution >= 0.6 is 0 Å². The van der Waals surface area contributed by atoms with E-state index >= 15 is 0 Å². The third kappa shape index (κ3) is 7.33. The highest BCUT2D eigenvalue weighted by Gasteiger charge is 2.30. The summed E-state index contributed by atoms with van der Waals surface area (Å²) in [5.74, 6) is -0.0871. The molecule has 0 unspecified atom stereocenters. The molecule has 4 heteroatoms. The fraction of sp³-hybridized carbons (Fsp3) is 0.462. The second-order valence-electron chi connectivity index (χ2n) is 8.84. The molecule has 0 fully saturated rings. The Kier molecular flexibility index (Phi) is 8.64. The molecule has 162 valence electrons. The first-order valence-corrected chi connectivity index (χ1v) is 11.0. The van der Waals surface area contributed by atoms with Crippen LogP contribution in [-0.2, 0) is 29.0 Å². The maximum Gasteiger partial charge on any atom is 0.243 e. The van der Waals surface area contributed by atoms with Crippen molar-refractivity contribution in [2.45, 2.75) is 78.4 Å². The Morgan fingerprint density at radius 3 is 2.03 bits per heavy atom. The maximum atomic E-state index is 13.3. The van der Waals surface area contributed by atoms with Gasteiger partial charge in [-0.25, -0.2) is 0 Å². The van der Waals surface area contributed by atoms with Gasteiger partial charge in [-0.1, -0.05) is 68.4 Å². The standard InChI is InChI=1S/C26H36N2O2/c1-6-20-13-15-21(16-14-20)17-18-24(29)28(19-22-11-9-8-10-12-22)23(7-2)25(30)27-26(3,4)5/h8-16,23H,6-7,17-19H2,1-5H3,(H,27,30)/t23-/m0/s1. The summed E-state index contributed by atoms with van der Waals surface area (Å²) < 4.78 is 0. The Labute approximate surface area is 181 Å². The first-order chi connectivity index (χ1) is 14.2. The number of amides is 2. The van der Waals surface area contributed by atoms with Crippen molar-refractivity contribution in [2.75, 3.05) is 0 Å². The predicted octanol–water partition coefficient (Wildman–Crippen LogP) is 4.90. The molecule has 0 radical (unpaired) electrons. The lowest BCUT2D eigenvalue weighted by Gasteiger charge is -2.33. The van der Waals surface area contributed by atoms with Crippen molar-refractivity contribution in [3.63, 3.8) is 0 Å². The zero-order chi connectivity index (χ0) is 22.1. The van der Waals surface area contributed by atoms with Gasteiger partial charge in [-0.15, -0.1) is 0 Å². The van der Waals surface area contributed by atoms with E-state index in [0.29, 0.717) is 25.8 Å². The van der Waals surface area contributed by atoms with Gasteiger partial charge in [0.1, 0.15) is 6.04 Å². The summed E-state index contributed by atoms with van der Waals surface area (Å²) in [7, 11) is 0. The fourth-order valence-electron chi connectivity index (χ4n) is 3.49. The monoisotopic (exact) mass is 408 g/mol. The summed E-state index contributed by atoms with van der Waals surface area (Å²) >= 11 is 0. The average molecular weight is 409 g/mol. The highest BCUT2D eigenvalue weighted by atomic mass is 16.2. The highest BCUT2D eigenvalue weighted by molar-refractivity contribution is 5.88. The van der Waals surface area contributed by atoms with E-state index in [0.717, 1.165) is 17.5 Å². The molecule has 0 aliphatic carbocycles. The quantitative estimate of drug-likeness (QED) is 0.641. The molecule has 0 saturated heterocycles. The lowest BCUT2D eigenvalue weighted by Crippen LogP contribution is -2.53. The number of benzene rings is 2. The van der Waals surface area contributed by atoms with Gasteiger partial charge in [-0.3, -0.25) is 9.59 Å². The van der Waals surface area contributed by atoms with Crippen LogP contribution in [0.25, 0.3) is 0 Å². The predicted molar refractivity (Wildman–Crippen MR) is 123 cm³/mol. The molecule has 2 amide bonds. The van der Waals surface area contributed by atoms with E-state index in [9.17, 15) is 9.59 Å². The van der Waals surface area contributed by atoms with Gasteiger partial charge in [-0.05, 0) is 56.7 Å². The van der Waals surface area contributed by atoms with Crippen LogP contribution in [0.3, 0.4) is 0 Å². The van der Waals surface area contributed by atoms with Crippen molar-refractivity contribution in [3.05, 3.63) is 71.3 Å². The molecule has 2 aromatic carbocycles. The van der Waals surface area contributed by atoms with E-state index in [4.69, 9.17) is 0 Å². The first-order valence-electron chi connectivity index (χ1n) is 11.0. The molecular formula is C26H36N2O2. The normalized spacial score (nSPS) is 12.3. The summed E-state index contributed by atoms with van der Waals surface area (Å²) in [4.78, 5) is 28.0. The number of nitrogens with one attached hydrogen (secondary N) is 1. The molecular weight excluding hydrogens is 372 g/mol. The number of hydrogen-bond acceptors (Lipinski definition) is 2. The lowest BCUT2D eigenvalue weighted by atomic mass is 10.0. The van der Waals surface area contributed by atoms with Gasteiger partial charge >= 0.3 is 0 Å². The summed E-state index contributed by atoms with van der Waals surface area (Å²) in [6.45, 7) is 10.4. The van der Waals surface area contributed by atoms with Crippen molar-refractivity contribution in [3.8, 4) is 0 Å². The third-order valence-corrected chi connectivity index (χ3v) is 5.14. The Morgan fingerprint density at radius 1 is 0.900 bits per heavy atom. The van der Waals surface area contributed by atoms with Crippen LogP contribution in [0.1, 0.15) is 64.2 Å². The second kappa shape index (κ2) is 11.0. The van der Waals surface area contributed by atoms with Crippen LogP contribution in [0.15, 0.2) is 54.6 Å². The minimum atomic E-state index is -0.487. The zero-order valence-electron chi connectivity index (χ0n) is 19.1. The van der Waals surface area contributed by atoms with Crippen molar-refractivity contribution < 1.29 is 9.59 Å². The Balaban J connectivity index is 2.17. The molecule has 0 aromatic heterocycles. The molecule has 0 saturated carbocycles. The van der Waals surface area contributed by atoms with Crippen LogP contribution in [0.2, 0.25) is 0 Å².